The minimum absolute atomic E-state index is 0.0490. The molecule has 3 saturated carbocycles. The Hall–Kier alpha value is -5.19. The Labute approximate surface area is 548 Å². The summed E-state index contributed by atoms with van der Waals surface area (Å²) in [6.07, 6.45) is -4.67. The van der Waals surface area contributed by atoms with Crippen LogP contribution in [0.2, 0.25) is 5.15 Å². The molecular formula is C58H70Br2ClF18N9O4S. The fraction of sp³-hybridized carbons (Fsp3) is 0.569. The SMILES string of the molecule is CCN(CC1CCCC1)c1ncc(C(F)(F)F)cc1Br.CCN(CC1CCCC1)c1ncc(C(F)(F)F)cc1CO.CCNc1ccc(C(F)(F)F)cn1.CCNc1ncc(C(F)(F)F)cc1Br.FC(F)(F)c1ccc(Cl)nc1.O=S(=O)(OCC1CCCC1)C(F)(F)F. The lowest BCUT2D eigenvalue weighted by atomic mass is 10.1. The summed E-state index contributed by atoms with van der Waals surface area (Å²) in [7, 11) is -5.39. The highest BCUT2D eigenvalue weighted by molar-refractivity contribution is 9.11. The van der Waals surface area contributed by atoms with Crippen LogP contribution in [0.25, 0.3) is 0 Å². The number of aliphatic hydroxyl groups is 1. The van der Waals surface area contributed by atoms with Crippen molar-refractivity contribution in [1.82, 2.24) is 24.9 Å². The number of hydrogen-bond donors (Lipinski definition) is 3. The van der Waals surface area contributed by atoms with Crippen molar-refractivity contribution >= 4 is 76.9 Å². The molecule has 0 saturated heterocycles. The Kier molecular flexibility index (Phi) is 33.0. The average Bonchev–Trinajstić information content (AvgIpc) is 1.43. The van der Waals surface area contributed by atoms with E-state index in [9.17, 15) is 92.6 Å². The lowest BCUT2D eigenvalue weighted by Gasteiger charge is -2.27. The number of aliphatic hydroxyl groups excluding tert-OH is 1. The Balaban J connectivity index is 0.000000296. The zero-order chi connectivity index (χ0) is 70.2. The van der Waals surface area contributed by atoms with Crippen LogP contribution in [0.15, 0.2) is 82.4 Å². The van der Waals surface area contributed by atoms with Gasteiger partial charge in [0.1, 0.15) is 28.4 Å². The average molecular weight is 1530 g/mol. The van der Waals surface area contributed by atoms with Gasteiger partial charge in [0.05, 0.1) is 50.0 Å². The predicted molar refractivity (Wildman–Crippen MR) is 323 cm³/mol. The van der Waals surface area contributed by atoms with Gasteiger partial charge in [-0.3, -0.25) is 4.18 Å². The fourth-order valence-corrected chi connectivity index (χ4v) is 11.0. The van der Waals surface area contributed by atoms with Crippen LogP contribution < -0.4 is 20.4 Å². The quantitative estimate of drug-likeness (QED) is 0.0371. The van der Waals surface area contributed by atoms with Gasteiger partial charge >= 0.3 is 46.5 Å². The van der Waals surface area contributed by atoms with Gasteiger partial charge in [0.2, 0.25) is 0 Å². The van der Waals surface area contributed by atoms with E-state index in [-0.39, 0.29) is 23.2 Å². The molecule has 0 aromatic carbocycles. The zero-order valence-corrected chi connectivity index (χ0v) is 55.2. The highest BCUT2D eigenvalue weighted by Gasteiger charge is 2.47. The molecule has 5 aromatic heterocycles. The summed E-state index contributed by atoms with van der Waals surface area (Å²) in [5, 5.41) is 15.1. The van der Waals surface area contributed by atoms with Gasteiger partial charge in [0.25, 0.3) is 0 Å². The maximum atomic E-state index is 12.7. The van der Waals surface area contributed by atoms with Crippen LogP contribution >= 0.6 is 43.5 Å². The van der Waals surface area contributed by atoms with Gasteiger partial charge in [0, 0.05) is 75.8 Å². The van der Waals surface area contributed by atoms with Crippen molar-refractivity contribution in [2.45, 2.75) is 148 Å². The van der Waals surface area contributed by atoms with Crippen LogP contribution in [0.5, 0.6) is 0 Å². The number of alkyl halides is 18. The van der Waals surface area contributed by atoms with Crippen molar-refractivity contribution in [2.24, 2.45) is 17.8 Å². The topological polar surface area (TPSA) is 159 Å². The smallest absolute Gasteiger partial charge is 0.392 e. The molecule has 0 unspecified atom stereocenters. The molecule has 3 aliphatic carbocycles. The molecule has 0 bridgehead atoms. The summed E-state index contributed by atoms with van der Waals surface area (Å²) in [5.74, 6) is 3.10. The van der Waals surface area contributed by atoms with E-state index in [4.69, 9.17) is 11.6 Å². The molecule has 93 heavy (non-hydrogen) atoms. The molecule has 35 heteroatoms. The molecule has 13 nitrogen and oxygen atoms in total. The second-order valence-corrected chi connectivity index (χ2v) is 24.7. The van der Waals surface area contributed by atoms with E-state index >= 15 is 0 Å². The zero-order valence-electron chi connectivity index (χ0n) is 50.5. The van der Waals surface area contributed by atoms with Crippen LogP contribution in [-0.4, -0.2) is 89.8 Å². The van der Waals surface area contributed by atoms with Gasteiger partial charge in [-0.1, -0.05) is 50.1 Å². The molecule has 5 heterocycles. The number of hydrogen-bond acceptors (Lipinski definition) is 13. The second kappa shape index (κ2) is 37.4. The Morgan fingerprint density at radius 3 is 1.27 bits per heavy atom. The molecule has 0 spiro atoms. The molecule has 0 atom stereocenters. The first kappa shape index (κ1) is 82.0. The fourth-order valence-electron chi connectivity index (χ4n) is 9.33. The van der Waals surface area contributed by atoms with E-state index in [1.54, 1.807) is 0 Å². The number of aromatic nitrogens is 5. The first-order chi connectivity index (χ1) is 43.2. The predicted octanol–water partition coefficient (Wildman–Crippen LogP) is 19.1. The molecule has 0 amide bonds. The first-order valence-corrected chi connectivity index (χ1v) is 32.3. The monoisotopic (exact) mass is 1520 g/mol. The van der Waals surface area contributed by atoms with Crippen molar-refractivity contribution in [2.75, 3.05) is 66.3 Å². The van der Waals surface area contributed by atoms with Gasteiger partial charge in [-0.05, 0) is 158 Å². The van der Waals surface area contributed by atoms with Gasteiger partial charge < -0.3 is 25.5 Å². The van der Waals surface area contributed by atoms with Crippen LogP contribution in [0.3, 0.4) is 0 Å². The number of pyridine rings is 5. The van der Waals surface area contributed by atoms with Gasteiger partial charge in [-0.2, -0.15) is 87.4 Å². The third kappa shape index (κ3) is 28.6. The third-order valence-electron chi connectivity index (χ3n) is 14.1. The molecule has 8 rings (SSSR count). The number of halogens is 21. The molecule has 3 N–H and O–H groups in total. The molecular weight excluding hydrogens is 1460 g/mol. The minimum Gasteiger partial charge on any atom is -0.392 e. The number of nitrogens with zero attached hydrogens (tertiary/aromatic N) is 7. The van der Waals surface area contributed by atoms with Crippen molar-refractivity contribution in [3.8, 4) is 0 Å². The van der Waals surface area contributed by atoms with Crippen molar-refractivity contribution in [1.29, 1.82) is 0 Å². The highest BCUT2D eigenvalue weighted by Crippen LogP contribution is 2.38. The van der Waals surface area contributed by atoms with E-state index in [0.29, 0.717) is 69.9 Å². The summed E-state index contributed by atoms with van der Waals surface area (Å²) in [5.41, 5.74) is -8.87. The van der Waals surface area contributed by atoms with E-state index in [1.165, 1.54) is 44.6 Å². The summed E-state index contributed by atoms with van der Waals surface area (Å²) < 4.78 is 245. The lowest BCUT2D eigenvalue weighted by molar-refractivity contribution is -0.138. The number of nitrogens with one attached hydrogen (secondary N) is 2. The molecule has 0 aliphatic heterocycles. The van der Waals surface area contributed by atoms with Gasteiger partial charge in [-0.25, -0.2) is 24.9 Å². The summed E-state index contributed by atoms with van der Waals surface area (Å²) in [6, 6.07) is 7.42. The number of anilines is 4. The van der Waals surface area contributed by atoms with Crippen molar-refractivity contribution < 1.29 is 96.7 Å². The van der Waals surface area contributed by atoms with Gasteiger partial charge in [-0.15, -0.1) is 0 Å². The largest absolute Gasteiger partial charge is 0.523 e. The van der Waals surface area contributed by atoms with Crippen LogP contribution in [0, 0.1) is 17.8 Å². The normalized spacial score (nSPS) is 15.0. The summed E-state index contributed by atoms with van der Waals surface area (Å²) in [4.78, 5) is 22.6. The summed E-state index contributed by atoms with van der Waals surface area (Å²) >= 11 is 11.5. The van der Waals surface area contributed by atoms with Crippen molar-refractivity contribution in [3.05, 3.63) is 121 Å². The minimum atomic E-state index is -5.39. The first-order valence-electron chi connectivity index (χ1n) is 29.0. The highest BCUT2D eigenvalue weighted by atomic mass is 79.9. The van der Waals surface area contributed by atoms with Crippen molar-refractivity contribution in [3.63, 3.8) is 0 Å². The lowest BCUT2D eigenvalue weighted by Crippen LogP contribution is -2.30. The van der Waals surface area contributed by atoms with E-state index in [0.717, 1.165) is 119 Å². The molecule has 3 fully saturated rings. The maximum absolute atomic E-state index is 12.7. The second-order valence-electron chi connectivity index (χ2n) is 21.0. The Morgan fingerprint density at radius 1 is 0.516 bits per heavy atom. The third-order valence-corrected chi connectivity index (χ3v) is 16.5. The van der Waals surface area contributed by atoms with E-state index in [1.807, 2.05) is 32.6 Å². The molecule has 524 valence electrons. The van der Waals surface area contributed by atoms with Crippen LogP contribution in [-0.2, 0) is 51.8 Å². The van der Waals surface area contributed by atoms with E-state index in [2.05, 4.69) is 76.5 Å². The van der Waals surface area contributed by atoms with Crippen LogP contribution in [0.4, 0.5) is 102 Å². The van der Waals surface area contributed by atoms with Gasteiger partial charge in [0.15, 0.2) is 0 Å². The molecule has 5 aromatic rings. The summed E-state index contributed by atoms with van der Waals surface area (Å²) in [6.45, 7) is 11.2. The number of rotatable bonds is 16. The Bertz CT molecular complexity index is 3110. The molecule has 3 aliphatic rings. The Morgan fingerprint density at radius 2 is 0.903 bits per heavy atom. The maximum Gasteiger partial charge on any atom is 0.523 e. The van der Waals surface area contributed by atoms with E-state index < -0.39 is 80.9 Å². The standard InChI is InChI=1S/C15H21F3N2O.C14H18BrF3N2.C8H8BrF3N2.C8H9F3N2.C7H11F3O3S.C6H3ClF3N/c1-2-20(9-11-5-3-4-6-11)14-12(10-21)7-13(8-19-14)15(16,17)18;1-2-20(9-10-5-3-4-6-10)13-12(15)7-11(8-19-13)14(16,17)18;1-2-13-7-6(9)3-5(4-14-7)8(10,11)12;1-2-12-7-4-3-6(5-13-7)8(9,10)11;8-7(9,10)14(11,12)13-5-6-3-1-2-4-6;7-5-2-1-4(3-11-5)6(8,9)10/h7-8,11,21H,2-6,9-10H2,1H3;7-8,10H,2-6,9H2,1H3;3-4H,2H2,1H3,(H,13,14);3-5H,2H2,1H3,(H,12,13);6H,1-5H2;1-3H. The van der Waals surface area contributed by atoms with Crippen LogP contribution in [0.1, 0.15) is 138 Å². The molecule has 0 radical (unpaired) electrons.